The number of aromatic nitrogens is 4. The van der Waals surface area contributed by atoms with Crippen LogP contribution in [0.15, 0.2) is 30.0 Å². The van der Waals surface area contributed by atoms with Crippen molar-refractivity contribution in [2.75, 3.05) is 11.9 Å². The molecule has 92 valence electrons. The summed E-state index contributed by atoms with van der Waals surface area (Å²) in [6.45, 7) is 0.612. The molecule has 5 nitrogen and oxygen atoms in total. The Labute approximate surface area is 113 Å². The molecular formula is C11H10ClN5S. The largest absolute Gasteiger partial charge is 0.338 e. The van der Waals surface area contributed by atoms with Crippen LogP contribution in [0.25, 0.3) is 4.96 Å². The van der Waals surface area contributed by atoms with E-state index in [0.717, 1.165) is 10.7 Å². The molecule has 0 aliphatic heterocycles. The van der Waals surface area contributed by atoms with Crippen LogP contribution in [0, 0.1) is 0 Å². The van der Waals surface area contributed by atoms with Crippen LogP contribution in [0.2, 0.25) is 5.15 Å². The third-order valence-corrected chi connectivity index (χ3v) is 3.65. The number of hydrogen-bond donors (Lipinski definition) is 0. The highest BCUT2D eigenvalue weighted by Crippen LogP contribution is 2.23. The summed E-state index contributed by atoms with van der Waals surface area (Å²) in [7, 11) is 1.93. The van der Waals surface area contributed by atoms with Crippen molar-refractivity contribution in [1.82, 2.24) is 19.4 Å². The average molecular weight is 280 g/mol. The van der Waals surface area contributed by atoms with Crippen LogP contribution < -0.4 is 4.90 Å². The van der Waals surface area contributed by atoms with Gasteiger partial charge < -0.3 is 4.90 Å². The van der Waals surface area contributed by atoms with Crippen LogP contribution in [-0.4, -0.2) is 26.4 Å². The first-order valence-electron chi connectivity index (χ1n) is 5.34. The Bertz CT molecular complexity index is 662. The fraction of sp³-hybridized carbons (Fsp3) is 0.182. The van der Waals surface area contributed by atoms with Gasteiger partial charge in [-0.2, -0.15) is 0 Å². The summed E-state index contributed by atoms with van der Waals surface area (Å²) < 4.78 is 1.99. The third kappa shape index (κ3) is 1.93. The van der Waals surface area contributed by atoms with E-state index in [0.29, 0.717) is 17.6 Å². The Morgan fingerprint density at radius 2 is 2.17 bits per heavy atom. The van der Waals surface area contributed by atoms with E-state index in [2.05, 4.69) is 15.0 Å². The van der Waals surface area contributed by atoms with Crippen LogP contribution >= 0.6 is 22.9 Å². The van der Waals surface area contributed by atoms with Gasteiger partial charge in [-0.3, -0.25) is 4.40 Å². The Balaban J connectivity index is 1.92. The van der Waals surface area contributed by atoms with Crippen molar-refractivity contribution in [3.8, 4) is 0 Å². The lowest BCUT2D eigenvalue weighted by Gasteiger charge is -2.15. The van der Waals surface area contributed by atoms with E-state index < -0.39 is 0 Å². The quantitative estimate of drug-likeness (QED) is 0.739. The van der Waals surface area contributed by atoms with E-state index >= 15 is 0 Å². The van der Waals surface area contributed by atoms with Gasteiger partial charge in [0.25, 0.3) is 0 Å². The number of thiazole rings is 1. The van der Waals surface area contributed by atoms with Crippen LogP contribution in [0.4, 0.5) is 5.95 Å². The summed E-state index contributed by atoms with van der Waals surface area (Å²) in [6, 6.07) is 1.79. The number of rotatable bonds is 3. The van der Waals surface area contributed by atoms with Crippen LogP contribution in [0.3, 0.4) is 0 Å². The minimum Gasteiger partial charge on any atom is -0.338 e. The fourth-order valence-electron chi connectivity index (χ4n) is 1.73. The van der Waals surface area contributed by atoms with Crippen molar-refractivity contribution in [2.24, 2.45) is 0 Å². The van der Waals surface area contributed by atoms with E-state index in [-0.39, 0.29) is 0 Å². The van der Waals surface area contributed by atoms with Gasteiger partial charge in [-0.1, -0.05) is 11.6 Å². The summed E-state index contributed by atoms with van der Waals surface area (Å²) in [5, 5.41) is 2.52. The number of hydrogen-bond acceptors (Lipinski definition) is 5. The van der Waals surface area contributed by atoms with Crippen LogP contribution in [0.1, 0.15) is 5.69 Å². The molecule has 3 rings (SSSR count). The molecule has 3 aromatic heterocycles. The van der Waals surface area contributed by atoms with Crippen LogP contribution in [-0.2, 0) is 6.54 Å². The zero-order chi connectivity index (χ0) is 12.5. The van der Waals surface area contributed by atoms with E-state index in [9.17, 15) is 0 Å². The molecule has 0 bridgehead atoms. The van der Waals surface area contributed by atoms with Gasteiger partial charge in [0.05, 0.1) is 12.2 Å². The van der Waals surface area contributed by atoms with Gasteiger partial charge in [0.1, 0.15) is 0 Å². The van der Waals surface area contributed by atoms with Gasteiger partial charge in [-0.15, -0.1) is 11.3 Å². The van der Waals surface area contributed by atoms with Crippen molar-refractivity contribution < 1.29 is 0 Å². The Morgan fingerprint density at radius 1 is 1.39 bits per heavy atom. The Kier molecular flexibility index (Phi) is 2.89. The second-order valence-electron chi connectivity index (χ2n) is 3.81. The maximum absolute atomic E-state index is 6.15. The van der Waals surface area contributed by atoms with Gasteiger partial charge >= 0.3 is 0 Å². The second kappa shape index (κ2) is 4.55. The number of imidazole rings is 1. The summed E-state index contributed by atoms with van der Waals surface area (Å²) >= 11 is 7.71. The second-order valence-corrected chi connectivity index (χ2v) is 5.04. The molecule has 0 saturated heterocycles. The van der Waals surface area contributed by atoms with Crippen molar-refractivity contribution in [3.05, 3.63) is 40.9 Å². The summed E-state index contributed by atoms with van der Waals surface area (Å²) in [4.78, 5) is 15.5. The molecule has 0 aromatic carbocycles. The third-order valence-electron chi connectivity index (χ3n) is 2.59. The molecule has 7 heteroatoms. The van der Waals surface area contributed by atoms with Gasteiger partial charge in [-0.25, -0.2) is 15.0 Å². The molecule has 0 aliphatic rings. The van der Waals surface area contributed by atoms with E-state index in [4.69, 9.17) is 11.6 Å². The molecule has 0 atom stereocenters. The standard InChI is InChI=1S/C11H10ClN5S/c1-16(10-13-3-2-4-14-10)7-8-9(12)15-11-17(8)5-6-18-11/h2-6H,7H2,1H3. The molecule has 0 aliphatic carbocycles. The first-order valence-corrected chi connectivity index (χ1v) is 6.59. The predicted octanol–water partition coefficient (Wildman–Crippen LogP) is 2.48. The van der Waals surface area contributed by atoms with Gasteiger partial charge in [-0.05, 0) is 6.07 Å². The van der Waals surface area contributed by atoms with Crippen LogP contribution in [0.5, 0.6) is 0 Å². The lowest BCUT2D eigenvalue weighted by molar-refractivity contribution is 0.833. The lowest BCUT2D eigenvalue weighted by atomic mass is 10.4. The molecule has 0 fully saturated rings. The zero-order valence-corrected chi connectivity index (χ0v) is 11.2. The van der Waals surface area contributed by atoms with E-state index in [1.165, 1.54) is 0 Å². The van der Waals surface area contributed by atoms with Crippen molar-refractivity contribution >= 4 is 33.8 Å². The average Bonchev–Trinajstić information content (AvgIpc) is 2.94. The minimum absolute atomic E-state index is 0.532. The van der Waals surface area contributed by atoms with Crippen molar-refractivity contribution in [1.29, 1.82) is 0 Å². The number of fused-ring (bicyclic) bond motifs is 1. The zero-order valence-electron chi connectivity index (χ0n) is 9.62. The monoisotopic (exact) mass is 279 g/mol. The summed E-state index contributed by atoms with van der Waals surface area (Å²) in [6.07, 6.45) is 5.40. The Morgan fingerprint density at radius 3 is 2.94 bits per heavy atom. The summed E-state index contributed by atoms with van der Waals surface area (Å²) in [5.41, 5.74) is 0.947. The molecule has 0 amide bonds. The minimum atomic E-state index is 0.532. The van der Waals surface area contributed by atoms with E-state index in [1.54, 1.807) is 29.8 Å². The number of halogens is 1. The maximum Gasteiger partial charge on any atom is 0.225 e. The lowest BCUT2D eigenvalue weighted by Crippen LogP contribution is -2.19. The molecule has 0 saturated carbocycles. The van der Waals surface area contributed by atoms with Crippen molar-refractivity contribution in [2.45, 2.75) is 6.54 Å². The Hall–Kier alpha value is -1.66. The molecule has 0 radical (unpaired) electrons. The molecule has 0 unspecified atom stereocenters. The summed E-state index contributed by atoms with van der Waals surface area (Å²) in [5.74, 6) is 0.666. The predicted molar refractivity (Wildman–Crippen MR) is 72.2 cm³/mol. The van der Waals surface area contributed by atoms with Gasteiger partial charge in [0.2, 0.25) is 5.95 Å². The molecule has 0 spiro atoms. The number of nitrogens with zero attached hydrogens (tertiary/aromatic N) is 5. The fourth-order valence-corrected chi connectivity index (χ4v) is 2.75. The highest BCUT2D eigenvalue weighted by atomic mass is 35.5. The van der Waals surface area contributed by atoms with E-state index in [1.807, 2.05) is 27.9 Å². The smallest absolute Gasteiger partial charge is 0.225 e. The first-order chi connectivity index (χ1) is 8.75. The van der Waals surface area contributed by atoms with Gasteiger partial charge in [0, 0.05) is 31.0 Å². The topological polar surface area (TPSA) is 46.3 Å². The maximum atomic E-state index is 6.15. The highest BCUT2D eigenvalue weighted by molar-refractivity contribution is 7.15. The highest BCUT2D eigenvalue weighted by Gasteiger charge is 2.14. The number of anilines is 1. The molecule has 18 heavy (non-hydrogen) atoms. The molecule has 0 N–H and O–H groups in total. The molecular weight excluding hydrogens is 270 g/mol. The first kappa shape index (κ1) is 11.4. The normalized spacial score (nSPS) is 11.0. The molecule has 3 heterocycles. The van der Waals surface area contributed by atoms with Crippen molar-refractivity contribution in [3.63, 3.8) is 0 Å². The molecule has 3 aromatic rings. The van der Waals surface area contributed by atoms with Gasteiger partial charge in [0.15, 0.2) is 10.1 Å². The SMILES string of the molecule is CN(Cc1c(Cl)nc2sccn12)c1ncccn1.